The first-order chi connectivity index (χ1) is 13.8. The number of aromatic nitrogens is 2. The molecular weight excluding hydrogens is 362 g/mol. The second-order valence-corrected chi connectivity index (χ2v) is 8.57. The van der Waals surface area contributed by atoms with Gasteiger partial charge >= 0.3 is 0 Å². The number of hydrogen-bond acceptors (Lipinski definition) is 3. The molecule has 0 radical (unpaired) electrons. The Morgan fingerprint density at radius 2 is 1.83 bits per heavy atom. The molecule has 1 amide bonds. The van der Waals surface area contributed by atoms with E-state index in [2.05, 4.69) is 35.0 Å². The predicted molar refractivity (Wildman–Crippen MR) is 117 cm³/mol. The summed E-state index contributed by atoms with van der Waals surface area (Å²) < 4.78 is 8.07. The SMILES string of the molecule is Cc1ccc(OCCCn2c(C(C)NC(=O)C(C)(C)C)nc3ccccc32)cc1. The van der Waals surface area contributed by atoms with Crippen LogP contribution in [0.2, 0.25) is 0 Å². The van der Waals surface area contributed by atoms with E-state index in [4.69, 9.17) is 9.72 Å². The minimum atomic E-state index is -0.438. The van der Waals surface area contributed by atoms with E-state index in [1.54, 1.807) is 0 Å². The van der Waals surface area contributed by atoms with Gasteiger partial charge in [0.15, 0.2) is 0 Å². The van der Waals surface area contributed by atoms with Gasteiger partial charge < -0.3 is 14.6 Å². The normalized spacial score (nSPS) is 12.7. The van der Waals surface area contributed by atoms with Crippen LogP contribution in [-0.2, 0) is 11.3 Å². The van der Waals surface area contributed by atoms with Crippen LogP contribution >= 0.6 is 0 Å². The van der Waals surface area contributed by atoms with Gasteiger partial charge in [0.2, 0.25) is 5.91 Å². The highest BCUT2D eigenvalue weighted by molar-refractivity contribution is 5.82. The summed E-state index contributed by atoms with van der Waals surface area (Å²) in [4.78, 5) is 17.2. The first-order valence-corrected chi connectivity index (χ1v) is 10.2. The number of benzene rings is 2. The first-order valence-electron chi connectivity index (χ1n) is 10.2. The molecular formula is C24H31N3O2. The van der Waals surface area contributed by atoms with Gasteiger partial charge in [-0.05, 0) is 44.5 Å². The number of carbonyl (C=O) groups excluding carboxylic acids is 1. The van der Waals surface area contributed by atoms with E-state index < -0.39 is 5.41 Å². The first kappa shape index (κ1) is 20.9. The number of imidazole rings is 1. The van der Waals surface area contributed by atoms with Crippen LogP contribution in [0.25, 0.3) is 11.0 Å². The molecule has 0 fully saturated rings. The Labute approximate surface area is 173 Å². The quantitative estimate of drug-likeness (QED) is 0.572. The van der Waals surface area contributed by atoms with Crippen molar-refractivity contribution in [1.29, 1.82) is 0 Å². The number of nitrogens with one attached hydrogen (secondary N) is 1. The third-order valence-corrected chi connectivity index (χ3v) is 4.92. The number of carbonyl (C=O) groups is 1. The maximum Gasteiger partial charge on any atom is 0.225 e. The fourth-order valence-electron chi connectivity index (χ4n) is 3.18. The van der Waals surface area contributed by atoms with Crippen LogP contribution < -0.4 is 10.1 Å². The predicted octanol–water partition coefficient (Wildman–Crippen LogP) is 5.04. The zero-order chi connectivity index (χ0) is 21.0. The molecule has 5 heteroatoms. The number of rotatable bonds is 7. The standard InChI is InChI=1S/C24H31N3O2/c1-17-11-13-19(14-12-17)29-16-8-15-27-21-10-7-6-9-20(21)26-22(27)18(2)25-23(28)24(3,4)5/h6-7,9-14,18H,8,15-16H2,1-5H3,(H,25,28). The van der Waals surface area contributed by atoms with Gasteiger partial charge in [-0.2, -0.15) is 0 Å². The third kappa shape index (κ3) is 5.17. The Morgan fingerprint density at radius 3 is 2.52 bits per heavy atom. The summed E-state index contributed by atoms with van der Waals surface area (Å²) in [6.07, 6.45) is 0.848. The molecule has 0 aliphatic heterocycles. The van der Waals surface area contributed by atoms with E-state index >= 15 is 0 Å². The average Bonchev–Trinajstić information content (AvgIpc) is 3.04. The topological polar surface area (TPSA) is 56.1 Å². The summed E-state index contributed by atoms with van der Waals surface area (Å²) in [5.41, 5.74) is 2.80. The monoisotopic (exact) mass is 393 g/mol. The highest BCUT2D eigenvalue weighted by Gasteiger charge is 2.25. The molecule has 29 heavy (non-hydrogen) atoms. The molecule has 154 valence electrons. The minimum Gasteiger partial charge on any atom is -0.494 e. The molecule has 1 N–H and O–H groups in total. The molecule has 3 aromatic rings. The zero-order valence-corrected chi connectivity index (χ0v) is 18.0. The average molecular weight is 394 g/mol. The Bertz CT molecular complexity index is 968. The van der Waals surface area contributed by atoms with Gasteiger partial charge in [-0.15, -0.1) is 0 Å². The van der Waals surface area contributed by atoms with E-state index in [1.807, 2.05) is 58.0 Å². The van der Waals surface area contributed by atoms with Crippen molar-refractivity contribution in [1.82, 2.24) is 14.9 Å². The van der Waals surface area contributed by atoms with Crippen LogP contribution in [0.5, 0.6) is 5.75 Å². The molecule has 5 nitrogen and oxygen atoms in total. The molecule has 3 rings (SSSR count). The Kier molecular flexibility index (Phi) is 6.26. The lowest BCUT2D eigenvalue weighted by Crippen LogP contribution is -2.37. The van der Waals surface area contributed by atoms with Crippen molar-refractivity contribution in [3.63, 3.8) is 0 Å². The molecule has 0 spiro atoms. The lowest BCUT2D eigenvalue weighted by atomic mass is 9.95. The highest BCUT2D eigenvalue weighted by atomic mass is 16.5. The van der Waals surface area contributed by atoms with Crippen molar-refractivity contribution in [2.24, 2.45) is 5.41 Å². The summed E-state index contributed by atoms with van der Waals surface area (Å²) in [6.45, 7) is 11.2. The molecule has 1 heterocycles. The number of hydrogen-bond donors (Lipinski definition) is 1. The van der Waals surface area contributed by atoms with Gasteiger partial charge in [0, 0.05) is 12.0 Å². The van der Waals surface area contributed by atoms with Crippen LogP contribution in [0, 0.1) is 12.3 Å². The summed E-state index contributed by atoms with van der Waals surface area (Å²) in [5.74, 6) is 1.78. The summed E-state index contributed by atoms with van der Waals surface area (Å²) in [6, 6.07) is 16.0. The molecule has 0 saturated heterocycles. The number of nitrogens with zero attached hydrogens (tertiary/aromatic N) is 2. The van der Waals surface area contributed by atoms with E-state index in [0.29, 0.717) is 6.61 Å². The fraction of sp³-hybridized carbons (Fsp3) is 0.417. The van der Waals surface area contributed by atoms with Crippen LogP contribution in [0.15, 0.2) is 48.5 Å². The Hall–Kier alpha value is -2.82. The summed E-state index contributed by atoms with van der Waals surface area (Å²) in [5, 5.41) is 3.11. The second kappa shape index (κ2) is 8.68. The van der Waals surface area contributed by atoms with Gasteiger partial charge in [-0.1, -0.05) is 50.6 Å². The Balaban J connectivity index is 1.72. The Morgan fingerprint density at radius 1 is 1.14 bits per heavy atom. The van der Waals surface area contributed by atoms with Gasteiger partial charge in [0.25, 0.3) is 0 Å². The van der Waals surface area contributed by atoms with Gasteiger partial charge in [0.1, 0.15) is 11.6 Å². The van der Waals surface area contributed by atoms with E-state index in [9.17, 15) is 4.79 Å². The fourth-order valence-corrected chi connectivity index (χ4v) is 3.18. The molecule has 0 bridgehead atoms. The van der Waals surface area contributed by atoms with Gasteiger partial charge in [-0.3, -0.25) is 4.79 Å². The molecule has 1 atom stereocenters. The van der Waals surface area contributed by atoms with E-state index in [1.165, 1.54) is 5.56 Å². The summed E-state index contributed by atoms with van der Waals surface area (Å²) in [7, 11) is 0. The molecule has 0 aliphatic rings. The second-order valence-electron chi connectivity index (χ2n) is 8.57. The number of fused-ring (bicyclic) bond motifs is 1. The van der Waals surface area contributed by atoms with E-state index in [0.717, 1.165) is 35.6 Å². The van der Waals surface area contributed by atoms with Crippen molar-refractivity contribution in [3.05, 3.63) is 59.9 Å². The molecule has 2 aromatic carbocycles. The molecule has 0 aliphatic carbocycles. The van der Waals surface area contributed by atoms with Crippen LogP contribution in [-0.4, -0.2) is 22.1 Å². The number of aryl methyl sites for hydroxylation is 2. The van der Waals surface area contributed by atoms with Crippen LogP contribution in [0.3, 0.4) is 0 Å². The smallest absolute Gasteiger partial charge is 0.225 e. The molecule has 1 aromatic heterocycles. The van der Waals surface area contributed by atoms with Crippen molar-refractivity contribution < 1.29 is 9.53 Å². The third-order valence-electron chi connectivity index (χ3n) is 4.92. The zero-order valence-electron chi connectivity index (χ0n) is 18.0. The van der Waals surface area contributed by atoms with Gasteiger partial charge in [0.05, 0.1) is 23.7 Å². The van der Waals surface area contributed by atoms with Gasteiger partial charge in [-0.25, -0.2) is 4.98 Å². The van der Waals surface area contributed by atoms with Crippen molar-refractivity contribution in [3.8, 4) is 5.75 Å². The van der Waals surface area contributed by atoms with Crippen molar-refractivity contribution >= 4 is 16.9 Å². The molecule has 1 unspecified atom stereocenters. The summed E-state index contributed by atoms with van der Waals surface area (Å²) >= 11 is 0. The lowest BCUT2D eigenvalue weighted by Gasteiger charge is -2.22. The van der Waals surface area contributed by atoms with Crippen LogP contribution in [0.4, 0.5) is 0 Å². The molecule has 0 saturated carbocycles. The number of amides is 1. The van der Waals surface area contributed by atoms with E-state index in [-0.39, 0.29) is 11.9 Å². The maximum atomic E-state index is 12.4. The largest absolute Gasteiger partial charge is 0.494 e. The number of ether oxygens (including phenoxy) is 1. The van der Waals surface area contributed by atoms with Crippen LogP contribution in [0.1, 0.15) is 51.5 Å². The maximum absolute atomic E-state index is 12.4. The highest BCUT2D eigenvalue weighted by Crippen LogP contribution is 2.23. The van der Waals surface area contributed by atoms with Crippen molar-refractivity contribution in [2.45, 2.75) is 53.6 Å². The number of para-hydroxylation sites is 2. The minimum absolute atomic E-state index is 0.0197. The van der Waals surface area contributed by atoms with Crippen molar-refractivity contribution in [2.75, 3.05) is 6.61 Å². The lowest BCUT2D eigenvalue weighted by molar-refractivity contribution is -0.129.